The van der Waals surface area contributed by atoms with Crippen molar-refractivity contribution in [3.05, 3.63) is 34.9 Å². The second-order valence-electron chi connectivity index (χ2n) is 5.35. The summed E-state index contributed by atoms with van der Waals surface area (Å²) in [7, 11) is 1.86. The molecule has 0 radical (unpaired) electrons. The normalized spacial score (nSPS) is 21.4. The lowest BCUT2D eigenvalue weighted by atomic mass is 9.95. The van der Waals surface area contributed by atoms with E-state index in [2.05, 4.69) is 0 Å². The molecule has 20 heavy (non-hydrogen) atoms. The Bertz CT molecular complexity index is 436. The first-order chi connectivity index (χ1) is 9.11. The molecule has 1 amide bonds. The number of benzene rings is 1. The quantitative estimate of drug-likeness (QED) is 0.927. The van der Waals surface area contributed by atoms with Crippen molar-refractivity contribution in [3.8, 4) is 0 Å². The molecule has 0 saturated heterocycles. The zero-order chi connectivity index (χ0) is 13.8. The van der Waals surface area contributed by atoms with Crippen molar-refractivity contribution in [2.45, 2.75) is 25.8 Å². The number of amides is 1. The minimum atomic E-state index is 0. The van der Waals surface area contributed by atoms with Crippen LogP contribution in [0.3, 0.4) is 0 Å². The molecule has 0 spiro atoms. The van der Waals surface area contributed by atoms with Gasteiger partial charge in [0.15, 0.2) is 0 Å². The molecule has 1 fully saturated rings. The highest BCUT2D eigenvalue weighted by Crippen LogP contribution is 2.32. The Morgan fingerprint density at radius 1 is 1.35 bits per heavy atom. The van der Waals surface area contributed by atoms with Crippen molar-refractivity contribution < 1.29 is 4.79 Å². The number of carbonyl (C=O) groups excluding carboxylic acids is 1. The van der Waals surface area contributed by atoms with Crippen LogP contribution in [0, 0.1) is 11.8 Å². The van der Waals surface area contributed by atoms with Gasteiger partial charge in [0.2, 0.25) is 5.91 Å². The van der Waals surface area contributed by atoms with E-state index in [9.17, 15) is 4.79 Å². The molecule has 1 aliphatic rings. The van der Waals surface area contributed by atoms with Gasteiger partial charge >= 0.3 is 0 Å². The third kappa shape index (κ3) is 4.11. The molecule has 0 aromatic heterocycles. The minimum absolute atomic E-state index is 0. The predicted molar refractivity (Wildman–Crippen MR) is 85.1 cm³/mol. The van der Waals surface area contributed by atoms with Gasteiger partial charge in [-0.1, -0.05) is 30.2 Å². The van der Waals surface area contributed by atoms with Crippen LogP contribution in [0.5, 0.6) is 0 Å². The zero-order valence-corrected chi connectivity index (χ0v) is 13.3. The first-order valence-electron chi connectivity index (χ1n) is 6.81. The number of nitrogens with two attached hydrogens (primary N) is 1. The van der Waals surface area contributed by atoms with E-state index < -0.39 is 0 Å². The average Bonchev–Trinajstić information content (AvgIpc) is 2.88. The fraction of sp³-hybridized carbons (Fsp3) is 0.533. The van der Waals surface area contributed by atoms with Crippen LogP contribution in [0.2, 0.25) is 5.02 Å². The summed E-state index contributed by atoms with van der Waals surface area (Å²) in [5, 5.41) is 0.719. The fourth-order valence-corrected chi connectivity index (χ4v) is 2.99. The summed E-state index contributed by atoms with van der Waals surface area (Å²) in [4.78, 5) is 14.2. The van der Waals surface area contributed by atoms with Crippen LogP contribution in [0.15, 0.2) is 24.3 Å². The number of nitrogens with zero attached hydrogens (tertiary/aromatic N) is 1. The monoisotopic (exact) mass is 316 g/mol. The van der Waals surface area contributed by atoms with Gasteiger partial charge in [-0.25, -0.2) is 0 Å². The maximum atomic E-state index is 12.4. The standard InChI is InChI=1S/C15H21ClN2O.ClH/c1-18(10-11-5-7-13(16)8-6-11)15(19)14-4-2-3-12(14)9-17;/h5-8,12,14H,2-4,9-10,17H2,1H3;1H/t12-,14-;/m1./s1. The van der Waals surface area contributed by atoms with Crippen LogP contribution in [0.25, 0.3) is 0 Å². The van der Waals surface area contributed by atoms with Gasteiger partial charge < -0.3 is 10.6 Å². The first-order valence-corrected chi connectivity index (χ1v) is 7.19. The van der Waals surface area contributed by atoms with Crippen molar-refractivity contribution in [1.82, 2.24) is 4.90 Å². The lowest BCUT2D eigenvalue weighted by Crippen LogP contribution is -2.36. The summed E-state index contributed by atoms with van der Waals surface area (Å²) in [6, 6.07) is 7.63. The van der Waals surface area contributed by atoms with E-state index in [0.29, 0.717) is 19.0 Å². The number of hydrogen-bond donors (Lipinski definition) is 1. The topological polar surface area (TPSA) is 46.3 Å². The van der Waals surface area contributed by atoms with Crippen molar-refractivity contribution in [1.29, 1.82) is 0 Å². The Kier molecular flexibility index (Phi) is 6.80. The van der Waals surface area contributed by atoms with Crippen LogP contribution in [-0.2, 0) is 11.3 Å². The number of halogens is 2. The maximum Gasteiger partial charge on any atom is 0.226 e. The Morgan fingerprint density at radius 2 is 2.00 bits per heavy atom. The van der Waals surface area contributed by atoms with Crippen molar-refractivity contribution in [2.75, 3.05) is 13.6 Å². The van der Waals surface area contributed by atoms with Gasteiger partial charge in [-0.3, -0.25) is 4.79 Å². The van der Waals surface area contributed by atoms with E-state index in [1.165, 1.54) is 0 Å². The maximum absolute atomic E-state index is 12.4. The van der Waals surface area contributed by atoms with E-state index in [1.54, 1.807) is 0 Å². The van der Waals surface area contributed by atoms with Crippen LogP contribution in [-0.4, -0.2) is 24.4 Å². The molecule has 1 saturated carbocycles. The lowest BCUT2D eigenvalue weighted by molar-refractivity contribution is -0.135. The average molecular weight is 317 g/mol. The van der Waals surface area contributed by atoms with Gasteiger partial charge in [-0.15, -0.1) is 12.4 Å². The van der Waals surface area contributed by atoms with E-state index in [-0.39, 0.29) is 24.2 Å². The molecule has 1 aromatic carbocycles. The highest BCUT2D eigenvalue weighted by atomic mass is 35.5. The van der Waals surface area contributed by atoms with Crippen molar-refractivity contribution >= 4 is 29.9 Å². The Hall–Kier alpha value is -0.770. The van der Waals surface area contributed by atoms with Crippen LogP contribution in [0.1, 0.15) is 24.8 Å². The van der Waals surface area contributed by atoms with Gasteiger partial charge in [0.1, 0.15) is 0 Å². The molecule has 0 bridgehead atoms. The van der Waals surface area contributed by atoms with Crippen LogP contribution in [0.4, 0.5) is 0 Å². The molecule has 5 heteroatoms. The fourth-order valence-electron chi connectivity index (χ4n) is 2.87. The van der Waals surface area contributed by atoms with Crippen LogP contribution < -0.4 is 5.73 Å². The van der Waals surface area contributed by atoms with E-state index >= 15 is 0 Å². The molecule has 2 atom stereocenters. The van der Waals surface area contributed by atoms with E-state index in [0.717, 1.165) is 29.8 Å². The van der Waals surface area contributed by atoms with Gasteiger partial charge in [0, 0.05) is 24.5 Å². The van der Waals surface area contributed by atoms with E-state index in [4.69, 9.17) is 17.3 Å². The Labute approximate surface area is 131 Å². The molecule has 112 valence electrons. The molecular formula is C15H22Cl2N2O. The predicted octanol–water partition coefficient (Wildman–Crippen LogP) is 3.10. The second kappa shape index (κ2) is 7.87. The van der Waals surface area contributed by atoms with Gasteiger partial charge in [0.05, 0.1) is 0 Å². The van der Waals surface area contributed by atoms with Crippen molar-refractivity contribution in [3.63, 3.8) is 0 Å². The highest BCUT2D eigenvalue weighted by Gasteiger charge is 2.33. The molecule has 2 rings (SSSR count). The third-order valence-corrected chi connectivity index (χ3v) is 4.24. The minimum Gasteiger partial charge on any atom is -0.341 e. The highest BCUT2D eigenvalue weighted by molar-refractivity contribution is 6.30. The molecule has 2 N–H and O–H groups in total. The summed E-state index contributed by atoms with van der Waals surface area (Å²) >= 11 is 5.86. The number of carbonyl (C=O) groups is 1. The largest absolute Gasteiger partial charge is 0.341 e. The summed E-state index contributed by atoms with van der Waals surface area (Å²) in [5.74, 6) is 0.699. The molecule has 0 unspecified atom stereocenters. The molecule has 1 aliphatic carbocycles. The second-order valence-corrected chi connectivity index (χ2v) is 5.79. The Morgan fingerprint density at radius 3 is 2.60 bits per heavy atom. The molecular weight excluding hydrogens is 295 g/mol. The van der Waals surface area contributed by atoms with Gasteiger partial charge in [0.25, 0.3) is 0 Å². The summed E-state index contributed by atoms with van der Waals surface area (Å²) in [5.41, 5.74) is 6.85. The van der Waals surface area contributed by atoms with Gasteiger partial charge in [-0.2, -0.15) is 0 Å². The summed E-state index contributed by atoms with van der Waals surface area (Å²) in [6.07, 6.45) is 3.18. The van der Waals surface area contributed by atoms with Crippen LogP contribution >= 0.6 is 24.0 Å². The van der Waals surface area contributed by atoms with E-state index in [1.807, 2.05) is 36.2 Å². The number of rotatable bonds is 4. The van der Waals surface area contributed by atoms with Gasteiger partial charge in [-0.05, 0) is 43.0 Å². The lowest BCUT2D eigenvalue weighted by Gasteiger charge is -2.24. The smallest absolute Gasteiger partial charge is 0.226 e. The molecule has 1 aromatic rings. The van der Waals surface area contributed by atoms with Crippen molar-refractivity contribution in [2.24, 2.45) is 17.6 Å². The number of hydrogen-bond acceptors (Lipinski definition) is 2. The third-order valence-electron chi connectivity index (χ3n) is 3.99. The summed E-state index contributed by atoms with van der Waals surface area (Å²) in [6.45, 7) is 1.25. The molecule has 0 heterocycles. The SMILES string of the molecule is CN(Cc1ccc(Cl)cc1)C(=O)[C@@H]1CCC[C@@H]1CN.Cl. The summed E-state index contributed by atoms with van der Waals surface area (Å²) < 4.78 is 0. The first kappa shape index (κ1) is 17.3. The molecule has 0 aliphatic heterocycles. The zero-order valence-electron chi connectivity index (χ0n) is 11.7. The Balaban J connectivity index is 0.00000200. The molecule has 3 nitrogen and oxygen atoms in total.